The normalized spacial score (nSPS) is 11.4. The van der Waals surface area contributed by atoms with Gasteiger partial charge in [-0.2, -0.15) is 27.1 Å². The number of methoxy groups -OCH3 is 1. The lowest BCUT2D eigenvalue weighted by molar-refractivity contribution is -0.139. The quantitative estimate of drug-likeness (QED) is 0.313. The van der Waals surface area contributed by atoms with E-state index in [4.69, 9.17) is 0 Å². The second kappa shape index (κ2) is 10.6. The standard InChI is InChI=1S/C23H18F5N7O2/c1-37-20-18(23(26,27)28)7-16(10-29-20)33-19(36)6-13-2-4-14(5-3-13)15-8-30-22(31-9-15)34-17-11-32-35(12-17)21(24)25/h2-5,7-12,21H,6H2,1H3,(H,33,36)(H,30,31,34). The van der Waals surface area contributed by atoms with E-state index in [2.05, 4.69) is 35.4 Å². The van der Waals surface area contributed by atoms with E-state index in [1.165, 1.54) is 18.6 Å². The zero-order valence-corrected chi connectivity index (χ0v) is 19.0. The van der Waals surface area contributed by atoms with Crippen LogP contribution in [-0.2, 0) is 17.4 Å². The second-order valence-electron chi connectivity index (χ2n) is 7.61. The number of hydrogen-bond acceptors (Lipinski definition) is 7. The third-order valence-corrected chi connectivity index (χ3v) is 5.00. The van der Waals surface area contributed by atoms with Gasteiger partial charge in [-0.3, -0.25) is 4.79 Å². The minimum absolute atomic E-state index is 0.0840. The van der Waals surface area contributed by atoms with Gasteiger partial charge >= 0.3 is 12.7 Å². The van der Waals surface area contributed by atoms with Crippen molar-refractivity contribution in [1.82, 2.24) is 24.7 Å². The van der Waals surface area contributed by atoms with Crippen LogP contribution in [0.2, 0.25) is 0 Å². The van der Waals surface area contributed by atoms with Crippen LogP contribution in [0.3, 0.4) is 0 Å². The average Bonchev–Trinajstić information content (AvgIpc) is 3.33. The van der Waals surface area contributed by atoms with Crippen LogP contribution < -0.4 is 15.4 Å². The molecular weight excluding hydrogens is 501 g/mol. The van der Waals surface area contributed by atoms with Crippen molar-refractivity contribution in [2.45, 2.75) is 19.1 Å². The Morgan fingerprint density at radius 3 is 2.30 bits per heavy atom. The summed E-state index contributed by atoms with van der Waals surface area (Å²) >= 11 is 0. The van der Waals surface area contributed by atoms with Crippen molar-refractivity contribution in [2.75, 3.05) is 17.7 Å². The fourth-order valence-electron chi connectivity index (χ4n) is 3.27. The minimum atomic E-state index is -4.69. The van der Waals surface area contributed by atoms with E-state index in [-0.39, 0.29) is 18.1 Å². The lowest BCUT2D eigenvalue weighted by Crippen LogP contribution is -2.16. The van der Waals surface area contributed by atoms with E-state index in [9.17, 15) is 26.7 Å². The van der Waals surface area contributed by atoms with Gasteiger partial charge in [-0.1, -0.05) is 24.3 Å². The maximum absolute atomic E-state index is 13.2. The third kappa shape index (κ3) is 6.34. The summed E-state index contributed by atoms with van der Waals surface area (Å²) in [6.07, 6.45) is 1.71. The van der Waals surface area contributed by atoms with Crippen molar-refractivity contribution < 1.29 is 31.5 Å². The highest BCUT2D eigenvalue weighted by atomic mass is 19.4. The van der Waals surface area contributed by atoms with Crippen molar-refractivity contribution in [2.24, 2.45) is 0 Å². The van der Waals surface area contributed by atoms with Gasteiger partial charge < -0.3 is 15.4 Å². The number of nitrogens with zero attached hydrogens (tertiary/aromatic N) is 5. The molecule has 1 amide bonds. The molecule has 0 radical (unpaired) electrons. The number of anilines is 3. The lowest BCUT2D eigenvalue weighted by Gasteiger charge is -2.13. The minimum Gasteiger partial charge on any atom is -0.481 e. The molecule has 0 saturated carbocycles. The summed E-state index contributed by atoms with van der Waals surface area (Å²) in [5.41, 5.74) is 1.12. The maximum atomic E-state index is 13.2. The Bertz CT molecular complexity index is 1370. The first-order valence-electron chi connectivity index (χ1n) is 10.5. The highest BCUT2D eigenvalue weighted by Crippen LogP contribution is 2.36. The second-order valence-corrected chi connectivity index (χ2v) is 7.61. The maximum Gasteiger partial charge on any atom is 0.421 e. The van der Waals surface area contributed by atoms with Crippen LogP contribution >= 0.6 is 0 Å². The van der Waals surface area contributed by atoms with Crippen molar-refractivity contribution in [3.05, 3.63) is 72.4 Å². The summed E-state index contributed by atoms with van der Waals surface area (Å²) in [4.78, 5) is 24.3. The molecule has 4 aromatic rings. The fraction of sp³-hybridized carbons (Fsp3) is 0.174. The van der Waals surface area contributed by atoms with Gasteiger partial charge in [0.15, 0.2) is 0 Å². The van der Waals surface area contributed by atoms with Gasteiger partial charge in [-0.05, 0) is 17.2 Å². The molecule has 192 valence electrons. The number of amides is 1. The molecule has 0 saturated heterocycles. The Hall–Kier alpha value is -4.62. The number of nitrogens with one attached hydrogen (secondary N) is 2. The van der Waals surface area contributed by atoms with Gasteiger partial charge in [0.1, 0.15) is 5.56 Å². The van der Waals surface area contributed by atoms with E-state index in [0.29, 0.717) is 21.5 Å². The summed E-state index contributed by atoms with van der Waals surface area (Å²) in [5, 5.41) is 8.69. The van der Waals surface area contributed by atoms with Crippen LogP contribution in [0.25, 0.3) is 11.1 Å². The number of carbonyl (C=O) groups is 1. The Balaban J connectivity index is 1.37. The molecule has 3 heterocycles. The van der Waals surface area contributed by atoms with Crippen molar-refractivity contribution in [3.8, 4) is 17.0 Å². The first kappa shape index (κ1) is 25.5. The zero-order valence-electron chi connectivity index (χ0n) is 19.0. The van der Waals surface area contributed by atoms with Crippen LogP contribution in [0, 0.1) is 0 Å². The number of halogens is 5. The summed E-state index contributed by atoms with van der Waals surface area (Å²) in [7, 11) is 1.08. The SMILES string of the molecule is COc1ncc(NC(=O)Cc2ccc(-c3cnc(Nc4cnn(C(F)F)c4)nc3)cc2)cc1C(F)(F)F. The first-order chi connectivity index (χ1) is 17.6. The number of benzene rings is 1. The molecule has 4 rings (SSSR count). The largest absolute Gasteiger partial charge is 0.481 e. The molecule has 2 N–H and O–H groups in total. The fourth-order valence-corrected chi connectivity index (χ4v) is 3.27. The molecule has 0 atom stereocenters. The molecule has 9 nitrogen and oxygen atoms in total. The van der Waals surface area contributed by atoms with E-state index in [1.807, 2.05) is 0 Å². The molecule has 0 aliphatic heterocycles. The third-order valence-electron chi connectivity index (χ3n) is 5.00. The van der Waals surface area contributed by atoms with E-state index in [0.717, 1.165) is 31.1 Å². The predicted molar refractivity (Wildman–Crippen MR) is 122 cm³/mol. The van der Waals surface area contributed by atoms with Crippen LogP contribution in [0.4, 0.5) is 39.3 Å². The molecule has 0 bridgehead atoms. The van der Waals surface area contributed by atoms with Gasteiger partial charge in [-0.15, -0.1) is 0 Å². The van der Waals surface area contributed by atoms with Gasteiger partial charge in [-0.25, -0.2) is 19.6 Å². The number of ether oxygens (including phenoxy) is 1. The van der Waals surface area contributed by atoms with Crippen LogP contribution in [0.15, 0.2) is 61.3 Å². The lowest BCUT2D eigenvalue weighted by atomic mass is 10.0. The molecule has 1 aromatic carbocycles. The van der Waals surface area contributed by atoms with E-state index >= 15 is 0 Å². The van der Waals surface area contributed by atoms with Gasteiger partial charge in [0.25, 0.3) is 0 Å². The van der Waals surface area contributed by atoms with E-state index in [1.54, 1.807) is 24.3 Å². The summed E-state index contributed by atoms with van der Waals surface area (Å²) in [5.74, 6) is -0.925. The van der Waals surface area contributed by atoms with Crippen molar-refractivity contribution in [3.63, 3.8) is 0 Å². The molecule has 0 fully saturated rings. The number of alkyl halides is 5. The average molecular weight is 519 g/mol. The molecule has 3 aromatic heterocycles. The van der Waals surface area contributed by atoms with Gasteiger partial charge in [0, 0.05) is 18.0 Å². The predicted octanol–water partition coefficient (Wildman–Crippen LogP) is 5.08. The number of pyridine rings is 1. The Morgan fingerprint density at radius 1 is 1.00 bits per heavy atom. The molecule has 0 aliphatic rings. The number of carbonyl (C=O) groups excluding carboxylic acids is 1. The Kier molecular flexibility index (Phi) is 7.27. The first-order valence-corrected chi connectivity index (χ1v) is 10.5. The highest BCUT2D eigenvalue weighted by molar-refractivity contribution is 5.92. The molecule has 37 heavy (non-hydrogen) atoms. The molecule has 0 spiro atoms. The number of rotatable bonds is 8. The summed E-state index contributed by atoms with van der Waals surface area (Å²) in [6.45, 7) is -2.76. The summed E-state index contributed by atoms with van der Waals surface area (Å²) < 4.78 is 69.8. The monoisotopic (exact) mass is 519 g/mol. The van der Waals surface area contributed by atoms with Gasteiger partial charge in [0.2, 0.25) is 17.7 Å². The summed E-state index contributed by atoms with van der Waals surface area (Å²) in [6, 6.07) is 7.60. The molecule has 14 heteroatoms. The molecule has 0 aliphatic carbocycles. The van der Waals surface area contributed by atoms with Gasteiger partial charge in [0.05, 0.1) is 43.5 Å². The van der Waals surface area contributed by atoms with Crippen molar-refractivity contribution in [1.29, 1.82) is 0 Å². The highest BCUT2D eigenvalue weighted by Gasteiger charge is 2.35. The Labute approximate surface area is 206 Å². The number of hydrogen-bond donors (Lipinski definition) is 2. The smallest absolute Gasteiger partial charge is 0.421 e. The van der Waals surface area contributed by atoms with Crippen LogP contribution in [0.1, 0.15) is 17.7 Å². The molecule has 0 unspecified atom stereocenters. The Morgan fingerprint density at radius 2 is 1.70 bits per heavy atom. The topological polar surface area (TPSA) is 107 Å². The van der Waals surface area contributed by atoms with Crippen LogP contribution in [0.5, 0.6) is 5.88 Å². The van der Waals surface area contributed by atoms with E-state index < -0.39 is 30.1 Å². The molecular formula is C23H18F5N7O2. The van der Waals surface area contributed by atoms with Crippen molar-refractivity contribution >= 4 is 23.2 Å². The van der Waals surface area contributed by atoms with Crippen LogP contribution in [-0.4, -0.2) is 37.7 Å². The number of aromatic nitrogens is 5. The zero-order chi connectivity index (χ0) is 26.6.